The summed E-state index contributed by atoms with van der Waals surface area (Å²) in [7, 11) is 1.57. The van der Waals surface area contributed by atoms with E-state index >= 15 is 0 Å². The number of carbonyl (C=O) groups is 1. The van der Waals surface area contributed by atoms with Gasteiger partial charge in [0.25, 0.3) is 11.5 Å². The highest BCUT2D eigenvalue weighted by Crippen LogP contribution is 2.36. The van der Waals surface area contributed by atoms with Crippen molar-refractivity contribution in [2.45, 2.75) is 38.2 Å². The van der Waals surface area contributed by atoms with Crippen molar-refractivity contribution < 1.29 is 14.3 Å². The van der Waals surface area contributed by atoms with Crippen LogP contribution in [0.1, 0.15) is 41.6 Å². The summed E-state index contributed by atoms with van der Waals surface area (Å²) in [5.41, 5.74) is 1.18. The Kier molecular flexibility index (Phi) is 4.98. The quantitative estimate of drug-likeness (QED) is 0.819. The smallest absolute Gasteiger partial charge is 0.268 e. The Bertz CT molecular complexity index is 934. The van der Waals surface area contributed by atoms with Crippen molar-refractivity contribution in [3.8, 4) is 11.4 Å². The van der Waals surface area contributed by atoms with Crippen LogP contribution >= 0.6 is 0 Å². The van der Waals surface area contributed by atoms with Gasteiger partial charge in [-0.3, -0.25) is 14.2 Å². The third-order valence-corrected chi connectivity index (χ3v) is 6.01. The topological polar surface area (TPSA) is 60.8 Å². The molecule has 0 N–H and O–H groups in total. The Hall–Kier alpha value is -2.60. The summed E-state index contributed by atoms with van der Waals surface area (Å²) in [6.07, 6.45) is 5.54. The maximum Gasteiger partial charge on any atom is 0.268 e. The van der Waals surface area contributed by atoms with Gasteiger partial charge in [-0.25, -0.2) is 0 Å². The van der Waals surface area contributed by atoms with Gasteiger partial charge in [-0.05, 0) is 56.4 Å². The minimum Gasteiger partial charge on any atom is -0.495 e. The Labute approximate surface area is 164 Å². The second kappa shape index (κ2) is 7.43. The van der Waals surface area contributed by atoms with Gasteiger partial charge in [-0.15, -0.1) is 0 Å². The molecule has 0 saturated carbocycles. The van der Waals surface area contributed by atoms with E-state index in [9.17, 15) is 9.59 Å². The number of nitrogens with zero attached hydrogens (tertiary/aromatic N) is 2. The average Bonchev–Trinajstić information content (AvgIpc) is 3.16. The standard InChI is InChI=1S/C22H26N2O4/c1-16-8-12-24(17-6-3-4-7-18(17)27-2)21(26)19(16)20(25)23-13-10-22(11-14-23)9-5-15-28-22/h3-4,6-8,12H,5,9-11,13-15H2,1-2H3. The highest BCUT2D eigenvalue weighted by Gasteiger charge is 2.40. The van der Waals surface area contributed by atoms with Crippen molar-refractivity contribution in [1.29, 1.82) is 0 Å². The maximum absolute atomic E-state index is 13.2. The number of hydrogen-bond acceptors (Lipinski definition) is 4. The molecule has 0 bridgehead atoms. The molecule has 1 spiro atoms. The lowest BCUT2D eigenvalue weighted by Crippen LogP contribution is -2.47. The molecule has 28 heavy (non-hydrogen) atoms. The second-order valence-electron chi connectivity index (χ2n) is 7.65. The minimum atomic E-state index is -0.313. The SMILES string of the molecule is COc1ccccc1-n1ccc(C)c(C(=O)N2CCC3(CCCO3)CC2)c1=O. The van der Waals surface area contributed by atoms with Crippen LogP contribution in [-0.2, 0) is 4.74 Å². The molecule has 1 amide bonds. The number of likely N-dealkylation sites (tertiary alicyclic amines) is 1. The average molecular weight is 382 g/mol. The van der Waals surface area contributed by atoms with E-state index in [1.807, 2.05) is 31.2 Å². The first-order valence-corrected chi connectivity index (χ1v) is 9.83. The summed E-state index contributed by atoms with van der Waals surface area (Å²) in [4.78, 5) is 28.2. The van der Waals surface area contributed by atoms with Gasteiger partial charge in [-0.1, -0.05) is 12.1 Å². The summed E-state index contributed by atoms with van der Waals surface area (Å²) in [5, 5.41) is 0. The molecule has 0 aliphatic carbocycles. The van der Waals surface area contributed by atoms with Crippen LogP contribution in [0.2, 0.25) is 0 Å². The lowest BCUT2D eigenvalue weighted by Gasteiger charge is -2.38. The Balaban J connectivity index is 1.65. The fraction of sp³-hybridized carbons (Fsp3) is 0.455. The van der Waals surface area contributed by atoms with Crippen LogP contribution in [0.3, 0.4) is 0 Å². The van der Waals surface area contributed by atoms with Crippen molar-refractivity contribution in [2.24, 2.45) is 0 Å². The molecule has 2 aliphatic heterocycles. The van der Waals surface area contributed by atoms with E-state index in [1.54, 1.807) is 24.3 Å². The van der Waals surface area contributed by atoms with E-state index in [-0.39, 0.29) is 22.6 Å². The first-order chi connectivity index (χ1) is 13.5. The minimum absolute atomic E-state index is 0.0554. The van der Waals surface area contributed by atoms with E-state index in [0.717, 1.165) is 32.3 Å². The third kappa shape index (κ3) is 3.22. The summed E-state index contributed by atoms with van der Waals surface area (Å²) in [6, 6.07) is 9.12. The molecule has 2 fully saturated rings. The number of para-hydroxylation sites is 2. The van der Waals surface area contributed by atoms with Crippen LogP contribution < -0.4 is 10.3 Å². The number of hydrogen-bond donors (Lipinski definition) is 0. The zero-order chi connectivity index (χ0) is 19.7. The fourth-order valence-electron chi connectivity index (χ4n) is 4.33. The zero-order valence-corrected chi connectivity index (χ0v) is 16.4. The van der Waals surface area contributed by atoms with Crippen LogP contribution in [0.15, 0.2) is 41.3 Å². The van der Waals surface area contributed by atoms with Crippen molar-refractivity contribution in [3.05, 3.63) is 58.0 Å². The molecular weight excluding hydrogens is 356 g/mol. The van der Waals surface area contributed by atoms with E-state index < -0.39 is 0 Å². The van der Waals surface area contributed by atoms with Crippen molar-refractivity contribution >= 4 is 5.91 Å². The lowest BCUT2D eigenvalue weighted by atomic mass is 9.88. The number of amides is 1. The lowest BCUT2D eigenvalue weighted by molar-refractivity contribution is -0.0387. The second-order valence-corrected chi connectivity index (χ2v) is 7.65. The van der Waals surface area contributed by atoms with Crippen molar-refractivity contribution in [1.82, 2.24) is 9.47 Å². The highest BCUT2D eigenvalue weighted by atomic mass is 16.5. The van der Waals surface area contributed by atoms with Crippen LogP contribution in [-0.4, -0.2) is 47.8 Å². The van der Waals surface area contributed by atoms with Gasteiger partial charge in [0.15, 0.2) is 0 Å². The summed E-state index contributed by atoms with van der Waals surface area (Å²) in [6.45, 7) is 3.88. The Morgan fingerprint density at radius 2 is 1.89 bits per heavy atom. The Morgan fingerprint density at radius 1 is 1.14 bits per heavy atom. The first kappa shape index (κ1) is 18.7. The molecule has 2 saturated heterocycles. The molecule has 148 valence electrons. The highest BCUT2D eigenvalue weighted by molar-refractivity contribution is 5.95. The largest absolute Gasteiger partial charge is 0.495 e. The number of aromatic nitrogens is 1. The van der Waals surface area contributed by atoms with Crippen LogP contribution in [0.5, 0.6) is 5.75 Å². The molecule has 0 unspecified atom stereocenters. The van der Waals surface area contributed by atoms with Gasteiger partial charge in [0.05, 0.1) is 18.4 Å². The molecule has 6 heteroatoms. The number of carbonyl (C=O) groups excluding carboxylic acids is 1. The van der Waals surface area contributed by atoms with Gasteiger partial charge in [0.2, 0.25) is 0 Å². The third-order valence-electron chi connectivity index (χ3n) is 6.01. The van der Waals surface area contributed by atoms with Gasteiger partial charge in [-0.2, -0.15) is 0 Å². The van der Waals surface area contributed by atoms with E-state index in [0.29, 0.717) is 30.1 Å². The molecule has 0 atom stereocenters. The molecule has 3 heterocycles. The molecule has 2 aliphatic rings. The van der Waals surface area contributed by atoms with Crippen LogP contribution in [0.25, 0.3) is 5.69 Å². The van der Waals surface area contributed by atoms with Gasteiger partial charge in [0.1, 0.15) is 11.3 Å². The van der Waals surface area contributed by atoms with Gasteiger partial charge < -0.3 is 14.4 Å². The monoisotopic (exact) mass is 382 g/mol. The molecule has 2 aromatic rings. The van der Waals surface area contributed by atoms with Crippen LogP contribution in [0.4, 0.5) is 0 Å². The molecule has 1 aromatic carbocycles. The number of benzene rings is 1. The summed E-state index contributed by atoms with van der Waals surface area (Å²) < 4.78 is 12.8. The summed E-state index contributed by atoms with van der Waals surface area (Å²) >= 11 is 0. The number of ether oxygens (including phenoxy) is 2. The number of aryl methyl sites for hydroxylation is 1. The maximum atomic E-state index is 13.2. The molecular formula is C22H26N2O4. The summed E-state index contributed by atoms with van der Waals surface area (Å²) in [5.74, 6) is 0.393. The van der Waals surface area contributed by atoms with Crippen LogP contribution in [0, 0.1) is 6.92 Å². The molecule has 0 radical (unpaired) electrons. The van der Waals surface area contributed by atoms with Crippen molar-refractivity contribution in [3.63, 3.8) is 0 Å². The van der Waals surface area contributed by atoms with Gasteiger partial charge in [0, 0.05) is 25.9 Å². The normalized spacial score (nSPS) is 18.4. The van der Waals surface area contributed by atoms with E-state index in [2.05, 4.69) is 0 Å². The first-order valence-electron chi connectivity index (χ1n) is 9.83. The molecule has 1 aromatic heterocycles. The van der Waals surface area contributed by atoms with E-state index in [1.165, 1.54) is 4.57 Å². The van der Waals surface area contributed by atoms with Gasteiger partial charge >= 0.3 is 0 Å². The number of pyridine rings is 1. The van der Waals surface area contributed by atoms with Crippen molar-refractivity contribution in [2.75, 3.05) is 26.8 Å². The molecule has 6 nitrogen and oxygen atoms in total. The fourth-order valence-corrected chi connectivity index (χ4v) is 4.33. The zero-order valence-electron chi connectivity index (χ0n) is 16.4. The predicted molar refractivity (Wildman–Crippen MR) is 106 cm³/mol. The molecule has 4 rings (SSSR count). The van der Waals surface area contributed by atoms with E-state index in [4.69, 9.17) is 9.47 Å². The number of rotatable bonds is 3. The Morgan fingerprint density at radius 3 is 2.57 bits per heavy atom. The predicted octanol–water partition coefficient (Wildman–Crippen LogP) is 2.94. The number of piperidine rings is 1. The number of methoxy groups -OCH3 is 1.